The third kappa shape index (κ3) is 8.14. The van der Waals surface area contributed by atoms with Crippen molar-refractivity contribution in [1.29, 1.82) is 0 Å². The van der Waals surface area contributed by atoms with E-state index in [0.717, 1.165) is 25.7 Å². The van der Waals surface area contributed by atoms with Crippen molar-refractivity contribution in [2.75, 3.05) is 6.61 Å². The van der Waals surface area contributed by atoms with Crippen LogP contribution in [0.2, 0.25) is 0 Å². The van der Waals surface area contributed by atoms with Gasteiger partial charge in [0.15, 0.2) is 0 Å². The molecule has 0 aromatic rings. The molecule has 0 bridgehead atoms. The molecule has 5 N–H and O–H groups in total. The van der Waals surface area contributed by atoms with Crippen molar-refractivity contribution in [1.82, 2.24) is 0 Å². The zero-order chi connectivity index (χ0) is 16.3. The molecule has 21 heavy (non-hydrogen) atoms. The fourth-order valence-electron chi connectivity index (χ4n) is 2.19. The van der Waals surface area contributed by atoms with Gasteiger partial charge >= 0.3 is 0 Å². The van der Waals surface area contributed by atoms with Crippen molar-refractivity contribution < 1.29 is 30.2 Å². The summed E-state index contributed by atoms with van der Waals surface area (Å²) in [6.45, 7) is 1.53. The summed E-state index contributed by atoms with van der Waals surface area (Å²) in [5, 5.41) is 47.9. The molecule has 6 nitrogen and oxygen atoms in total. The first kappa shape index (κ1) is 20.8. The third-order valence-corrected chi connectivity index (χ3v) is 3.68. The number of aliphatic hydroxyl groups is 5. The summed E-state index contributed by atoms with van der Waals surface area (Å²) in [7, 11) is 4.86. The molecule has 5 atom stereocenters. The van der Waals surface area contributed by atoms with Crippen LogP contribution in [0.3, 0.4) is 0 Å². The average molecular weight is 304 g/mol. The van der Waals surface area contributed by atoms with Gasteiger partial charge in [0.05, 0.1) is 18.8 Å². The molecule has 0 saturated heterocycles. The quantitative estimate of drug-likeness (QED) is 0.235. The highest BCUT2D eigenvalue weighted by Crippen LogP contribution is 2.15. The largest absolute Gasteiger partial charge is 0.440 e. The Bertz CT molecular complexity index is 240. The molecule has 0 saturated carbocycles. The Morgan fingerprint density at radius 2 is 1.43 bits per heavy atom. The molecular weight excluding hydrogens is 275 g/mol. The van der Waals surface area contributed by atoms with Crippen LogP contribution >= 0.6 is 0 Å². The Morgan fingerprint density at radius 1 is 0.857 bits per heavy atom. The molecule has 124 valence electrons. The Labute approximate surface area is 128 Å². The second-order valence-electron chi connectivity index (χ2n) is 5.45. The van der Waals surface area contributed by atoms with E-state index in [1.54, 1.807) is 0 Å². The van der Waals surface area contributed by atoms with E-state index in [-0.39, 0.29) is 0 Å². The van der Waals surface area contributed by atoms with E-state index in [9.17, 15) is 20.4 Å². The minimum atomic E-state index is -1.64. The Kier molecular flexibility index (Phi) is 12.3. The molecule has 0 aliphatic carbocycles. The predicted octanol–water partition coefficient (Wildman–Crippen LogP) is -0.358. The van der Waals surface area contributed by atoms with E-state index in [1.807, 2.05) is 0 Å². The second-order valence-corrected chi connectivity index (χ2v) is 5.45. The number of unbranched alkanes of at least 4 members (excludes halogenated alkanes) is 5. The van der Waals surface area contributed by atoms with Gasteiger partial charge in [-0.3, -0.25) is 0 Å². The van der Waals surface area contributed by atoms with Crippen molar-refractivity contribution >= 4 is 8.05 Å². The number of aliphatic hydroxyl groups excluding tert-OH is 5. The van der Waals surface area contributed by atoms with Crippen molar-refractivity contribution in [3.8, 4) is 0 Å². The summed E-state index contributed by atoms with van der Waals surface area (Å²) < 4.78 is 4.30. The van der Waals surface area contributed by atoms with Crippen LogP contribution in [-0.2, 0) is 4.65 Å². The monoisotopic (exact) mass is 304 g/mol. The summed E-state index contributed by atoms with van der Waals surface area (Å²) in [6, 6.07) is 0. The molecule has 0 aliphatic heterocycles. The van der Waals surface area contributed by atoms with Gasteiger partial charge in [0.2, 0.25) is 0 Å². The first-order valence-corrected chi connectivity index (χ1v) is 7.68. The van der Waals surface area contributed by atoms with Gasteiger partial charge in [-0.05, 0) is 6.42 Å². The standard InChI is InChI=1S/C14H29BO6/c1-2-3-4-5-6-7-8-10(17)12(18)14(20)13(19)11(9-16)21-15/h10-14,16-20H,2-9H2,1H3. The molecular formula is C14H29BO6. The van der Waals surface area contributed by atoms with Crippen molar-refractivity contribution in [2.45, 2.75) is 82.4 Å². The van der Waals surface area contributed by atoms with E-state index >= 15 is 0 Å². The fraction of sp³-hybridized carbons (Fsp3) is 1.00. The minimum Gasteiger partial charge on any atom is -0.440 e. The highest BCUT2D eigenvalue weighted by molar-refractivity contribution is 5.98. The van der Waals surface area contributed by atoms with E-state index in [2.05, 4.69) is 11.6 Å². The van der Waals surface area contributed by atoms with Gasteiger partial charge in [-0.1, -0.05) is 45.4 Å². The zero-order valence-electron chi connectivity index (χ0n) is 12.8. The fourth-order valence-corrected chi connectivity index (χ4v) is 2.19. The van der Waals surface area contributed by atoms with Crippen molar-refractivity contribution in [3.63, 3.8) is 0 Å². The third-order valence-electron chi connectivity index (χ3n) is 3.68. The van der Waals surface area contributed by atoms with Crippen LogP contribution < -0.4 is 0 Å². The molecule has 0 aromatic carbocycles. The Balaban J connectivity index is 4.03. The smallest absolute Gasteiger partial charge is 0.283 e. The van der Waals surface area contributed by atoms with Gasteiger partial charge in [-0.15, -0.1) is 0 Å². The van der Waals surface area contributed by atoms with Crippen molar-refractivity contribution in [2.24, 2.45) is 0 Å². The summed E-state index contributed by atoms with van der Waals surface area (Å²) in [4.78, 5) is 0. The van der Waals surface area contributed by atoms with Gasteiger partial charge in [0.1, 0.15) is 18.3 Å². The molecule has 2 radical (unpaired) electrons. The zero-order valence-corrected chi connectivity index (χ0v) is 12.8. The maximum absolute atomic E-state index is 9.81. The molecule has 0 heterocycles. The maximum atomic E-state index is 9.81. The second kappa shape index (κ2) is 12.4. The number of hydrogen-bond donors (Lipinski definition) is 5. The molecule has 0 amide bonds. The minimum absolute atomic E-state index is 0.338. The summed E-state index contributed by atoms with van der Waals surface area (Å²) in [5.41, 5.74) is 0. The van der Waals surface area contributed by atoms with E-state index in [4.69, 9.17) is 13.2 Å². The van der Waals surface area contributed by atoms with Crippen LogP contribution in [0.1, 0.15) is 51.9 Å². The van der Waals surface area contributed by atoms with E-state index in [1.165, 1.54) is 12.8 Å². The topological polar surface area (TPSA) is 110 Å². The lowest BCUT2D eigenvalue weighted by Crippen LogP contribution is -2.50. The van der Waals surface area contributed by atoms with Gasteiger partial charge in [0, 0.05) is 0 Å². The Morgan fingerprint density at radius 3 is 1.95 bits per heavy atom. The average Bonchev–Trinajstić information content (AvgIpc) is 2.50. The van der Waals surface area contributed by atoms with Gasteiger partial charge in [0.25, 0.3) is 8.05 Å². The molecule has 7 heteroatoms. The molecule has 0 fully saturated rings. The highest BCUT2D eigenvalue weighted by atomic mass is 16.5. The van der Waals surface area contributed by atoms with Gasteiger partial charge < -0.3 is 30.2 Å². The first-order valence-electron chi connectivity index (χ1n) is 7.68. The maximum Gasteiger partial charge on any atom is 0.283 e. The number of rotatable bonds is 13. The lowest BCUT2D eigenvalue weighted by Gasteiger charge is -2.30. The predicted molar refractivity (Wildman–Crippen MR) is 79.7 cm³/mol. The SMILES string of the molecule is [B]OC(CO)C(O)C(O)C(O)C(O)CCCCCCCC. The van der Waals surface area contributed by atoms with Crippen LogP contribution in [0, 0.1) is 0 Å². The lowest BCUT2D eigenvalue weighted by atomic mass is 9.96. The van der Waals surface area contributed by atoms with Crippen LogP contribution in [0.4, 0.5) is 0 Å². The number of hydrogen-bond acceptors (Lipinski definition) is 6. The normalized spacial score (nSPS) is 19.0. The van der Waals surface area contributed by atoms with Gasteiger partial charge in [-0.2, -0.15) is 0 Å². The van der Waals surface area contributed by atoms with E-state index < -0.39 is 37.1 Å². The first-order chi connectivity index (χ1) is 9.99. The Hall–Kier alpha value is -0.175. The van der Waals surface area contributed by atoms with Crippen molar-refractivity contribution in [3.05, 3.63) is 0 Å². The molecule has 0 spiro atoms. The van der Waals surface area contributed by atoms with Crippen LogP contribution in [0.5, 0.6) is 0 Å². The molecule has 0 aliphatic rings. The molecule has 0 rings (SSSR count). The van der Waals surface area contributed by atoms with Crippen LogP contribution in [-0.4, -0.2) is 70.7 Å². The summed E-state index contributed by atoms with van der Waals surface area (Å²) in [5.74, 6) is 0. The van der Waals surface area contributed by atoms with Gasteiger partial charge in [-0.25, -0.2) is 0 Å². The molecule has 5 unspecified atom stereocenters. The summed E-state index contributed by atoms with van der Waals surface area (Å²) in [6.07, 6.45) is -0.459. The molecule has 0 aromatic heterocycles. The van der Waals surface area contributed by atoms with E-state index in [0.29, 0.717) is 6.42 Å². The summed E-state index contributed by atoms with van der Waals surface area (Å²) >= 11 is 0. The van der Waals surface area contributed by atoms with Crippen LogP contribution in [0.25, 0.3) is 0 Å². The lowest BCUT2D eigenvalue weighted by molar-refractivity contribution is -0.135. The van der Waals surface area contributed by atoms with Crippen LogP contribution in [0.15, 0.2) is 0 Å². The highest BCUT2D eigenvalue weighted by Gasteiger charge is 2.34.